The molecule has 2 aromatic rings. The molecule has 3 rings (SSSR count). The molecule has 3 atom stereocenters. The van der Waals surface area contributed by atoms with Gasteiger partial charge in [-0.2, -0.15) is 0 Å². The molecule has 0 spiro atoms. The lowest BCUT2D eigenvalue weighted by molar-refractivity contribution is -0.128. The van der Waals surface area contributed by atoms with Crippen LogP contribution in [-0.4, -0.2) is 43.6 Å². The second-order valence-corrected chi connectivity index (χ2v) is 14.5. The molecular formula is C32H45N3O8P2. The summed E-state index contributed by atoms with van der Waals surface area (Å²) >= 11 is 0. The summed E-state index contributed by atoms with van der Waals surface area (Å²) in [6, 6.07) is 10.4. The molecule has 1 fully saturated rings. The van der Waals surface area contributed by atoms with E-state index in [2.05, 4.69) is 10.6 Å². The van der Waals surface area contributed by atoms with Crippen molar-refractivity contribution in [1.82, 2.24) is 10.6 Å². The van der Waals surface area contributed by atoms with Gasteiger partial charge < -0.3 is 30.2 Å². The molecule has 0 aromatic heterocycles. The smallest absolute Gasteiger partial charge is 0.349 e. The average molecular weight is 662 g/mol. The van der Waals surface area contributed by atoms with Gasteiger partial charge in [0.15, 0.2) is 13.9 Å². The lowest BCUT2D eigenvalue weighted by Crippen LogP contribution is -2.48. The van der Waals surface area contributed by atoms with Crippen LogP contribution in [0, 0.1) is 5.92 Å². The van der Waals surface area contributed by atoms with Gasteiger partial charge in [-0.05, 0) is 68.4 Å². The maximum atomic E-state index is 13.4. The highest BCUT2D eigenvalue weighted by molar-refractivity contribution is 7.62. The molecule has 1 aliphatic rings. The van der Waals surface area contributed by atoms with Gasteiger partial charge in [0.2, 0.25) is 11.8 Å². The Morgan fingerprint density at radius 2 is 1.60 bits per heavy atom. The lowest BCUT2D eigenvalue weighted by Gasteiger charge is -2.24. The van der Waals surface area contributed by atoms with E-state index in [-0.39, 0.29) is 31.1 Å². The van der Waals surface area contributed by atoms with Gasteiger partial charge in [0.25, 0.3) is 5.91 Å². The molecule has 246 valence electrons. The standard InChI is InChI=1S/C32H45N3O8P2/c1-5-42-45(40,43-6-2)32(44-39)25-14-12-23(13-15-25)18-28(35-22(4)36)31(38)34-21(3)26-16-17-29(27(19-26)30(33)37)41-20-24-10-8-7-9-11-24/h12-17,19,21,24,28,32H,5-11,18,20H2,1-4H3,(H2,33,37)(H,34,38)(H,35,36). The van der Waals surface area contributed by atoms with E-state index in [1.54, 1.807) is 63.2 Å². The van der Waals surface area contributed by atoms with Crippen molar-refractivity contribution in [2.75, 3.05) is 19.8 Å². The number of ether oxygens (including phenoxy) is 1. The predicted octanol–water partition coefficient (Wildman–Crippen LogP) is 6.23. The Balaban J connectivity index is 1.72. The van der Waals surface area contributed by atoms with E-state index in [1.165, 1.54) is 26.2 Å². The van der Waals surface area contributed by atoms with Gasteiger partial charge in [0, 0.05) is 13.3 Å². The summed E-state index contributed by atoms with van der Waals surface area (Å²) < 4.78 is 42.0. The highest BCUT2D eigenvalue weighted by atomic mass is 31.2. The molecule has 3 unspecified atom stereocenters. The third-order valence-electron chi connectivity index (χ3n) is 7.76. The van der Waals surface area contributed by atoms with Crippen LogP contribution in [0.1, 0.15) is 98.3 Å². The van der Waals surface area contributed by atoms with Crippen LogP contribution in [0.5, 0.6) is 5.75 Å². The molecule has 1 saturated carbocycles. The molecule has 0 radical (unpaired) electrons. The van der Waals surface area contributed by atoms with Crippen molar-refractivity contribution in [3.05, 3.63) is 64.7 Å². The maximum Gasteiger partial charge on any atom is 0.349 e. The van der Waals surface area contributed by atoms with Crippen LogP contribution in [0.4, 0.5) is 0 Å². The number of nitrogens with one attached hydrogen (secondary N) is 2. The number of hydrogen-bond donors (Lipinski definition) is 3. The van der Waals surface area contributed by atoms with Crippen LogP contribution in [0.2, 0.25) is 0 Å². The van der Waals surface area contributed by atoms with Crippen molar-refractivity contribution in [3.63, 3.8) is 0 Å². The number of nitrogens with two attached hydrogens (primary N) is 1. The normalized spacial score (nSPS) is 16.0. The van der Waals surface area contributed by atoms with E-state index in [1.807, 2.05) is 0 Å². The fourth-order valence-electron chi connectivity index (χ4n) is 5.45. The summed E-state index contributed by atoms with van der Waals surface area (Å²) in [7, 11) is -4.09. The van der Waals surface area contributed by atoms with E-state index >= 15 is 0 Å². The van der Waals surface area contributed by atoms with Crippen molar-refractivity contribution in [1.29, 1.82) is 0 Å². The molecule has 0 saturated heterocycles. The molecule has 0 aliphatic heterocycles. The number of carbonyl (C=O) groups is 3. The minimum Gasteiger partial charge on any atom is -0.492 e. The van der Waals surface area contributed by atoms with E-state index in [4.69, 9.17) is 19.5 Å². The number of rotatable bonds is 17. The second-order valence-electron chi connectivity index (χ2n) is 11.2. The predicted molar refractivity (Wildman–Crippen MR) is 173 cm³/mol. The minimum atomic E-state index is -3.68. The van der Waals surface area contributed by atoms with Crippen LogP contribution in [0.25, 0.3) is 0 Å². The summed E-state index contributed by atoms with van der Waals surface area (Å²) in [4.78, 5) is 37.6. The first-order valence-electron chi connectivity index (χ1n) is 15.4. The molecular weight excluding hydrogens is 616 g/mol. The van der Waals surface area contributed by atoms with Gasteiger partial charge in [-0.15, -0.1) is 0 Å². The Morgan fingerprint density at radius 3 is 2.16 bits per heavy atom. The molecule has 0 heterocycles. The molecule has 3 amide bonds. The zero-order valence-corrected chi connectivity index (χ0v) is 28.2. The minimum absolute atomic E-state index is 0.134. The number of amides is 3. The molecule has 1 aliphatic carbocycles. The molecule has 0 bridgehead atoms. The fourth-order valence-corrected chi connectivity index (χ4v) is 8.22. The lowest BCUT2D eigenvalue weighted by atomic mass is 9.90. The van der Waals surface area contributed by atoms with Gasteiger partial charge in [-0.25, -0.2) is 0 Å². The van der Waals surface area contributed by atoms with Crippen LogP contribution in [0.3, 0.4) is 0 Å². The molecule has 11 nitrogen and oxygen atoms in total. The summed E-state index contributed by atoms with van der Waals surface area (Å²) in [5.41, 5.74) is 7.78. The van der Waals surface area contributed by atoms with E-state index in [0.717, 1.165) is 12.8 Å². The third-order valence-corrected chi connectivity index (χ3v) is 11.5. The third kappa shape index (κ3) is 10.5. The van der Waals surface area contributed by atoms with Gasteiger partial charge in [0.05, 0.1) is 31.4 Å². The zero-order valence-electron chi connectivity index (χ0n) is 26.5. The summed E-state index contributed by atoms with van der Waals surface area (Å²) in [6.45, 7) is 7.26. The van der Waals surface area contributed by atoms with Crippen molar-refractivity contribution in [2.45, 2.75) is 83.7 Å². The average Bonchev–Trinajstić information content (AvgIpc) is 3.01. The Hall–Kier alpha value is -3.10. The largest absolute Gasteiger partial charge is 0.492 e. The SMILES string of the molecule is CCOP(=O)(OCC)C(P=O)c1ccc(CC(NC(C)=O)C(=O)NC(C)c2ccc(OCC3CCCCC3)c(C(N)=O)c2)cc1. The van der Waals surface area contributed by atoms with Crippen molar-refractivity contribution in [2.24, 2.45) is 11.7 Å². The first-order valence-corrected chi connectivity index (χ1v) is 17.9. The summed E-state index contributed by atoms with van der Waals surface area (Å²) in [6.07, 6.45) is 5.99. The molecule has 4 N–H and O–H groups in total. The maximum absolute atomic E-state index is 13.4. The van der Waals surface area contributed by atoms with Crippen molar-refractivity contribution >= 4 is 33.8 Å². The van der Waals surface area contributed by atoms with Gasteiger partial charge in [-0.3, -0.25) is 23.5 Å². The first kappa shape index (κ1) is 36.4. The van der Waals surface area contributed by atoms with Gasteiger partial charge in [-0.1, -0.05) is 49.6 Å². The van der Waals surface area contributed by atoms with Crippen LogP contribution in [-0.2, 0) is 34.2 Å². The van der Waals surface area contributed by atoms with Crippen molar-refractivity contribution < 1.29 is 37.3 Å². The Kier molecular flexibility index (Phi) is 14.2. The van der Waals surface area contributed by atoms with Crippen LogP contribution in [0.15, 0.2) is 42.5 Å². The Labute approximate surface area is 267 Å². The monoisotopic (exact) mass is 661 g/mol. The van der Waals surface area contributed by atoms with E-state index in [9.17, 15) is 23.5 Å². The number of hydrogen-bond acceptors (Lipinski definition) is 8. The topological polar surface area (TPSA) is 163 Å². The van der Waals surface area contributed by atoms with Gasteiger partial charge >= 0.3 is 7.60 Å². The van der Waals surface area contributed by atoms with Crippen molar-refractivity contribution in [3.8, 4) is 5.75 Å². The second kappa shape index (κ2) is 17.6. The summed E-state index contributed by atoms with van der Waals surface area (Å²) in [5.74, 6) is -0.542. The highest BCUT2D eigenvalue weighted by Crippen LogP contribution is 2.65. The molecule has 13 heteroatoms. The van der Waals surface area contributed by atoms with Crippen LogP contribution >= 0.6 is 16.1 Å². The molecule has 45 heavy (non-hydrogen) atoms. The fraction of sp³-hybridized carbons (Fsp3) is 0.531. The zero-order chi connectivity index (χ0) is 33.0. The highest BCUT2D eigenvalue weighted by Gasteiger charge is 2.38. The number of carbonyl (C=O) groups excluding carboxylic acids is 3. The first-order chi connectivity index (χ1) is 21.5. The Bertz CT molecular complexity index is 1350. The quantitative estimate of drug-likeness (QED) is 0.168. The Morgan fingerprint density at radius 1 is 0.978 bits per heavy atom. The summed E-state index contributed by atoms with van der Waals surface area (Å²) in [5, 5.41) is 4.61. The molecule has 2 aromatic carbocycles. The van der Waals surface area contributed by atoms with E-state index in [0.29, 0.717) is 35.0 Å². The van der Waals surface area contributed by atoms with Gasteiger partial charge in [0.1, 0.15) is 11.8 Å². The van der Waals surface area contributed by atoms with E-state index < -0.39 is 45.4 Å². The number of benzene rings is 2. The van der Waals surface area contributed by atoms with Crippen LogP contribution < -0.4 is 21.1 Å². The number of primary amides is 1.